The smallest absolute Gasteiger partial charge is 0.274 e. The molecule has 0 bridgehead atoms. The van der Waals surface area contributed by atoms with Crippen LogP contribution >= 0.6 is 0 Å². The van der Waals surface area contributed by atoms with Crippen molar-refractivity contribution in [2.45, 2.75) is 32.8 Å². The molecule has 5 heteroatoms. The average molecular weight is 238 g/mol. The van der Waals surface area contributed by atoms with E-state index in [1.165, 1.54) is 6.07 Å². The Kier molecular flexibility index (Phi) is 4.07. The standard InChI is InChI=1S/C12H18N2O3/c1-4-12(3,15)8-13-10-6-5-7-11(9(10)2)14(16)17/h5-7,13,15H,4,8H2,1-3H3. The molecule has 1 rings (SSSR count). The molecule has 2 N–H and O–H groups in total. The first-order chi connectivity index (χ1) is 7.87. The molecule has 0 aromatic heterocycles. The second kappa shape index (κ2) is 5.14. The summed E-state index contributed by atoms with van der Waals surface area (Å²) in [6.07, 6.45) is 0.619. The molecule has 0 heterocycles. The normalized spacial score (nSPS) is 14.1. The van der Waals surface area contributed by atoms with Gasteiger partial charge in [-0.3, -0.25) is 10.1 Å². The van der Waals surface area contributed by atoms with Crippen molar-refractivity contribution in [1.82, 2.24) is 0 Å². The maximum atomic E-state index is 10.8. The minimum atomic E-state index is -0.808. The van der Waals surface area contributed by atoms with E-state index in [1.54, 1.807) is 26.0 Å². The lowest BCUT2D eigenvalue weighted by atomic mass is 10.0. The van der Waals surface area contributed by atoms with Crippen LogP contribution in [0.5, 0.6) is 0 Å². The molecule has 0 fully saturated rings. The zero-order valence-electron chi connectivity index (χ0n) is 10.4. The zero-order chi connectivity index (χ0) is 13.1. The van der Waals surface area contributed by atoms with Crippen LogP contribution in [-0.2, 0) is 0 Å². The highest BCUT2D eigenvalue weighted by Crippen LogP contribution is 2.25. The minimum absolute atomic E-state index is 0.0890. The van der Waals surface area contributed by atoms with E-state index in [4.69, 9.17) is 0 Å². The molecule has 0 spiro atoms. The fraction of sp³-hybridized carbons (Fsp3) is 0.500. The van der Waals surface area contributed by atoms with Gasteiger partial charge in [-0.25, -0.2) is 0 Å². The van der Waals surface area contributed by atoms with E-state index in [9.17, 15) is 15.2 Å². The van der Waals surface area contributed by atoms with Gasteiger partial charge in [0.05, 0.1) is 10.5 Å². The average Bonchev–Trinajstić information content (AvgIpc) is 2.27. The van der Waals surface area contributed by atoms with Crippen molar-refractivity contribution in [3.05, 3.63) is 33.9 Å². The third-order valence-corrected chi connectivity index (χ3v) is 2.92. The van der Waals surface area contributed by atoms with Crippen molar-refractivity contribution < 1.29 is 10.0 Å². The van der Waals surface area contributed by atoms with Gasteiger partial charge in [0, 0.05) is 23.9 Å². The van der Waals surface area contributed by atoms with Crippen LogP contribution in [0.4, 0.5) is 11.4 Å². The van der Waals surface area contributed by atoms with Crippen LogP contribution in [0.3, 0.4) is 0 Å². The van der Waals surface area contributed by atoms with Crippen LogP contribution in [0.1, 0.15) is 25.8 Å². The maximum Gasteiger partial charge on any atom is 0.274 e. The lowest BCUT2D eigenvalue weighted by molar-refractivity contribution is -0.385. The Hall–Kier alpha value is -1.62. The van der Waals surface area contributed by atoms with Crippen molar-refractivity contribution in [2.24, 2.45) is 0 Å². The number of nitro groups is 1. The van der Waals surface area contributed by atoms with Crippen LogP contribution in [0.15, 0.2) is 18.2 Å². The van der Waals surface area contributed by atoms with Gasteiger partial charge in [-0.2, -0.15) is 0 Å². The molecule has 0 aliphatic heterocycles. The van der Waals surface area contributed by atoms with Crippen molar-refractivity contribution in [3.8, 4) is 0 Å². The first-order valence-electron chi connectivity index (χ1n) is 5.57. The van der Waals surface area contributed by atoms with Crippen molar-refractivity contribution in [3.63, 3.8) is 0 Å². The van der Waals surface area contributed by atoms with Crippen LogP contribution in [0.2, 0.25) is 0 Å². The summed E-state index contributed by atoms with van der Waals surface area (Å²) < 4.78 is 0. The Morgan fingerprint density at radius 3 is 2.71 bits per heavy atom. The van der Waals surface area contributed by atoms with Crippen LogP contribution in [-0.4, -0.2) is 22.2 Å². The van der Waals surface area contributed by atoms with Gasteiger partial charge in [-0.1, -0.05) is 13.0 Å². The highest BCUT2D eigenvalue weighted by atomic mass is 16.6. The Morgan fingerprint density at radius 2 is 2.18 bits per heavy atom. The van der Waals surface area contributed by atoms with Gasteiger partial charge in [-0.05, 0) is 26.3 Å². The van der Waals surface area contributed by atoms with Crippen LogP contribution < -0.4 is 5.32 Å². The van der Waals surface area contributed by atoms with E-state index in [0.717, 1.165) is 0 Å². The monoisotopic (exact) mass is 238 g/mol. The molecular weight excluding hydrogens is 220 g/mol. The summed E-state index contributed by atoms with van der Waals surface area (Å²) in [5, 5.41) is 23.7. The van der Waals surface area contributed by atoms with Gasteiger partial charge in [0.1, 0.15) is 0 Å². The molecule has 1 atom stereocenters. The molecule has 0 aliphatic carbocycles. The topological polar surface area (TPSA) is 75.4 Å². The number of nitrogens with zero attached hydrogens (tertiary/aromatic N) is 1. The summed E-state index contributed by atoms with van der Waals surface area (Å²) in [6.45, 7) is 5.68. The van der Waals surface area contributed by atoms with E-state index in [2.05, 4.69) is 5.32 Å². The first kappa shape index (κ1) is 13.4. The summed E-state index contributed by atoms with van der Waals surface area (Å²) >= 11 is 0. The summed E-state index contributed by atoms with van der Waals surface area (Å²) in [6, 6.07) is 4.88. The molecule has 0 aliphatic rings. The molecule has 94 valence electrons. The predicted molar refractivity (Wildman–Crippen MR) is 67.2 cm³/mol. The van der Waals surface area contributed by atoms with Crippen LogP contribution in [0.25, 0.3) is 0 Å². The van der Waals surface area contributed by atoms with Gasteiger partial charge in [-0.15, -0.1) is 0 Å². The van der Waals surface area contributed by atoms with E-state index in [-0.39, 0.29) is 5.69 Å². The minimum Gasteiger partial charge on any atom is -0.388 e. The van der Waals surface area contributed by atoms with E-state index >= 15 is 0 Å². The van der Waals surface area contributed by atoms with E-state index < -0.39 is 10.5 Å². The van der Waals surface area contributed by atoms with Gasteiger partial charge in [0.25, 0.3) is 5.69 Å². The molecule has 0 saturated carbocycles. The van der Waals surface area contributed by atoms with E-state index in [1.807, 2.05) is 6.92 Å². The first-order valence-corrected chi connectivity index (χ1v) is 5.57. The largest absolute Gasteiger partial charge is 0.388 e. The highest BCUT2D eigenvalue weighted by Gasteiger charge is 2.19. The van der Waals surface area contributed by atoms with Gasteiger partial charge < -0.3 is 10.4 Å². The van der Waals surface area contributed by atoms with Gasteiger partial charge in [0.2, 0.25) is 0 Å². The molecule has 17 heavy (non-hydrogen) atoms. The fourth-order valence-electron chi connectivity index (χ4n) is 1.42. The molecule has 1 aromatic rings. The summed E-state index contributed by atoms with van der Waals surface area (Å²) in [5.41, 5.74) is 0.556. The number of rotatable bonds is 5. The third kappa shape index (κ3) is 3.42. The van der Waals surface area contributed by atoms with Crippen molar-refractivity contribution in [1.29, 1.82) is 0 Å². The number of benzene rings is 1. The molecule has 1 aromatic carbocycles. The molecule has 0 saturated heterocycles. The van der Waals surface area contributed by atoms with Gasteiger partial charge >= 0.3 is 0 Å². The number of hydrogen-bond acceptors (Lipinski definition) is 4. The van der Waals surface area contributed by atoms with E-state index in [0.29, 0.717) is 24.2 Å². The molecule has 5 nitrogen and oxygen atoms in total. The van der Waals surface area contributed by atoms with Crippen LogP contribution in [0, 0.1) is 17.0 Å². The second-order valence-electron chi connectivity index (χ2n) is 4.41. The number of nitro benzene ring substituents is 1. The quantitative estimate of drug-likeness (QED) is 0.610. The second-order valence-corrected chi connectivity index (χ2v) is 4.41. The SMILES string of the molecule is CCC(C)(O)CNc1cccc([N+](=O)[O-])c1C. The highest BCUT2D eigenvalue weighted by molar-refractivity contribution is 5.59. The molecular formula is C12H18N2O3. The lowest BCUT2D eigenvalue weighted by Gasteiger charge is -2.22. The molecule has 0 radical (unpaired) electrons. The lowest BCUT2D eigenvalue weighted by Crippen LogP contribution is -2.32. The Labute approximate surface area is 101 Å². The number of nitrogens with one attached hydrogen (secondary N) is 1. The third-order valence-electron chi connectivity index (χ3n) is 2.92. The zero-order valence-corrected chi connectivity index (χ0v) is 10.4. The summed E-state index contributed by atoms with van der Waals surface area (Å²) in [4.78, 5) is 10.4. The Bertz CT molecular complexity index is 416. The predicted octanol–water partition coefficient (Wildman–Crippen LogP) is 2.48. The number of aliphatic hydroxyl groups is 1. The van der Waals surface area contributed by atoms with Gasteiger partial charge in [0.15, 0.2) is 0 Å². The summed E-state index contributed by atoms with van der Waals surface area (Å²) in [5.74, 6) is 0. The Balaban J connectivity index is 2.86. The number of hydrogen-bond donors (Lipinski definition) is 2. The summed E-state index contributed by atoms with van der Waals surface area (Å²) in [7, 11) is 0. The molecule has 0 amide bonds. The maximum absolute atomic E-state index is 10.8. The van der Waals surface area contributed by atoms with Crippen molar-refractivity contribution >= 4 is 11.4 Å². The van der Waals surface area contributed by atoms with Crippen molar-refractivity contribution in [2.75, 3.05) is 11.9 Å². The number of anilines is 1. The fourth-order valence-corrected chi connectivity index (χ4v) is 1.42. The Morgan fingerprint density at radius 1 is 1.53 bits per heavy atom. The molecule has 1 unspecified atom stereocenters.